The van der Waals surface area contributed by atoms with E-state index in [1.165, 1.54) is 19.9 Å². The Morgan fingerprint density at radius 2 is 2.13 bits per heavy atom. The number of hydrogen-bond acceptors (Lipinski definition) is 4. The van der Waals surface area contributed by atoms with Crippen LogP contribution in [0.4, 0.5) is 0 Å². The highest BCUT2D eigenvalue weighted by Crippen LogP contribution is 2.25. The first-order valence-electron chi connectivity index (χ1n) is 8.03. The summed E-state index contributed by atoms with van der Waals surface area (Å²) in [6.45, 7) is 0. The predicted octanol–water partition coefficient (Wildman–Crippen LogP) is 2.40. The van der Waals surface area contributed by atoms with Gasteiger partial charge in [-0.1, -0.05) is 12.1 Å². The molecule has 1 aliphatic carbocycles. The number of nitrogens with zero attached hydrogens (tertiary/aromatic N) is 1. The fraction of sp³-hybridized carbons (Fsp3) is 0.500. The van der Waals surface area contributed by atoms with Crippen LogP contribution in [0.1, 0.15) is 37.7 Å². The Bertz CT molecular complexity index is 601. The van der Waals surface area contributed by atoms with Crippen molar-refractivity contribution < 1.29 is 14.3 Å². The van der Waals surface area contributed by atoms with Crippen molar-refractivity contribution in [2.45, 2.75) is 44.6 Å². The van der Waals surface area contributed by atoms with Gasteiger partial charge in [-0.15, -0.1) is 0 Å². The van der Waals surface area contributed by atoms with Crippen LogP contribution in [0.5, 0.6) is 5.75 Å². The van der Waals surface area contributed by atoms with Crippen molar-refractivity contribution in [3.8, 4) is 11.8 Å². The van der Waals surface area contributed by atoms with Gasteiger partial charge in [0.1, 0.15) is 5.75 Å². The molecule has 5 nitrogen and oxygen atoms in total. The number of nitrogens with one attached hydrogen (secondary N) is 1. The van der Waals surface area contributed by atoms with E-state index in [0.717, 1.165) is 24.2 Å². The van der Waals surface area contributed by atoms with Gasteiger partial charge in [0.05, 0.1) is 12.2 Å². The topological polar surface area (TPSA) is 79.2 Å². The van der Waals surface area contributed by atoms with Crippen LogP contribution in [-0.4, -0.2) is 24.8 Å². The van der Waals surface area contributed by atoms with Gasteiger partial charge in [-0.2, -0.15) is 5.26 Å². The highest BCUT2D eigenvalue weighted by atomic mass is 16.5. The van der Waals surface area contributed by atoms with Crippen LogP contribution < -0.4 is 10.1 Å². The molecular formula is C18H22N2O3. The second-order valence-corrected chi connectivity index (χ2v) is 5.81. The van der Waals surface area contributed by atoms with Gasteiger partial charge in [0.15, 0.2) is 11.7 Å². The van der Waals surface area contributed by atoms with Gasteiger partial charge in [0.2, 0.25) is 5.91 Å². The number of rotatable bonds is 7. The number of nitriles is 1. The Hall–Kier alpha value is -2.35. The van der Waals surface area contributed by atoms with E-state index >= 15 is 0 Å². The molecular weight excluding hydrogens is 292 g/mol. The van der Waals surface area contributed by atoms with Crippen molar-refractivity contribution in [3.63, 3.8) is 0 Å². The summed E-state index contributed by atoms with van der Waals surface area (Å²) in [4.78, 5) is 23.5. The number of Topliss-reactive ketones (excluding diaryl/α,β-unsaturated/α-hetero) is 1. The van der Waals surface area contributed by atoms with E-state index < -0.39 is 11.8 Å². The monoisotopic (exact) mass is 314 g/mol. The molecule has 1 aromatic rings. The van der Waals surface area contributed by atoms with Gasteiger partial charge < -0.3 is 10.1 Å². The maximum Gasteiger partial charge on any atom is 0.244 e. The molecule has 1 N–H and O–H groups in total. The van der Waals surface area contributed by atoms with E-state index in [-0.39, 0.29) is 12.2 Å². The van der Waals surface area contributed by atoms with Crippen LogP contribution in [0, 0.1) is 17.2 Å². The number of ether oxygens (including phenoxy) is 1. The van der Waals surface area contributed by atoms with Crippen molar-refractivity contribution in [1.29, 1.82) is 5.26 Å². The summed E-state index contributed by atoms with van der Waals surface area (Å²) < 4.78 is 5.95. The summed E-state index contributed by atoms with van der Waals surface area (Å²) in [5.41, 5.74) is 0.974. The SMILES string of the molecule is CNC(=O)[C@H](C#N)C(=O)CCc1cccc(OC2CCCC2)c1. The van der Waals surface area contributed by atoms with Gasteiger partial charge in [0.25, 0.3) is 0 Å². The third-order valence-electron chi connectivity index (χ3n) is 4.12. The van der Waals surface area contributed by atoms with E-state index in [9.17, 15) is 9.59 Å². The molecule has 2 rings (SSSR count). The number of aryl methyl sites for hydroxylation is 1. The fourth-order valence-electron chi connectivity index (χ4n) is 2.81. The average Bonchev–Trinajstić information content (AvgIpc) is 3.06. The summed E-state index contributed by atoms with van der Waals surface area (Å²) in [5.74, 6) is -1.30. The second kappa shape index (κ2) is 8.33. The summed E-state index contributed by atoms with van der Waals surface area (Å²) >= 11 is 0. The van der Waals surface area contributed by atoms with Gasteiger partial charge in [-0.05, 0) is 49.8 Å². The van der Waals surface area contributed by atoms with Crippen molar-refractivity contribution >= 4 is 11.7 Å². The number of hydrogen-bond donors (Lipinski definition) is 1. The van der Waals surface area contributed by atoms with E-state index in [0.29, 0.717) is 12.5 Å². The number of carbonyl (C=O) groups is 2. The molecule has 0 spiro atoms. The molecule has 0 heterocycles. The Morgan fingerprint density at radius 1 is 1.39 bits per heavy atom. The lowest BCUT2D eigenvalue weighted by atomic mass is 9.98. The lowest BCUT2D eigenvalue weighted by Crippen LogP contribution is -2.32. The normalized spacial score (nSPS) is 15.7. The highest BCUT2D eigenvalue weighted by Gasteiger charge is 2.24. The average molecular weight is 314 g/mol. The molecule has 1 fully saturated rings. The molecule has 23 heavy (non-hydrogen) atoms. The fourth-order valence-corrected chi connectivity index (χ4v) is 2.81. The van der Waals surface area contributed by atoms with E-state index in [4.69, 9.17) is 10.00 Å². The molecule has 5 heteroatoms. The van der Waals surface area contributed by atoms with E-state index in [1.807, 2.05) is 24.3 Å². The molecule has 0 aromatic heterocycles. The maximum absolute atomic E-state index is 12.0. The number of carbonyl (C=O) groups excluding carboxylic acids is 2. The standard InChI is InChI=1S/C18H22N2O3/c1-20-18(22)16(12-19)17(21)10-9-13-5-4-8-15(11-13)23-14-6-2-3-7-14/h4-5,8,11,14,16H,2-3,6-7,9-10H2,1H3,(H,20,22)/t16-/m1/s1. The Balaban J connectivity index is 1.91. The molecule has 0 unspecified atom stereocenters. The quantitative estimate of drug-likeness (QED) is 0.784. The van der Waals surface area contributed by atoms with Crippen molar-refractivity contribution in [1.82, 2.24) is 5.32 Å². The molecule has 1 saturated carbocycles. The third kappa shape index (κ3) is 4.82. The largest absolute Gasteiger partial charge is 0.490 e. The molecule has 1 aromatic carbocycles. The van der Waals surface area contributed by atoms with Crippen molar-refractivity contribution in [2.24, 2.45) is 5.92 Å². The summed E-state index contributed by atoms with van der Waals surface area (Å²) in [6.07, 6.45) is 5.58. The summed E-state index contributed by atoms with van der Waals surface area (Å²) in [6, 6.07) is 9.46. The highest BCUT2D eigenvalue weighted by molar-refractivity contribution is 6.03. The number of benzene rings is 1. The van der Waals surface area contributed by atoms with Crippen LogP contribution in [0.3, 0.4) is 0 Å². The molecule has 0 radical (unpaired) electrons. The molecule has 0 bridgehead atoms. The Labute approximate surface area is 136 Å². The molecule has 0 saturated heterocycles. The molecule has 122 valence electrons. The minimum Gasteiger partial charge on any atom is -0.490 e. The molecule has 0 aliphatic heterocycles. The van der Waals surface area contributed by atoms with Crippen LogP contribution >= 0.6 is 0 Å². The zero-order valence-electron chi connectivity index (χ0n) is 13.4. The number of ketones is 1. The predicted molar refractivity (Wildman–Crippen MR) is 85.8 cm³/mol. The Morgan fingerprint density at radius 3 is 2.78 bits per heavy atom. The number of amides is 1. The van der Waals surface area contributed by atoms with Crippen molar-refractivity contribution in [2.75, 3.05) is 7.05 Å². The zero-order chi connectivity index (χ0) is 16.7. The van der Waals surface area contributed by atoms with E-state index in [2.05, 4.69) is 5.32 Å². The summed E-state index contributed by atoms with van der Waals surface area (Å²) in [7, 11) is 1.42. The minimum absolute atomic E-state index is 0.165. The molecule has 1 amide bonds. The molecule has 1 atom stereocenters. The zero-order valence-corrected chi connectivity index (χ0v) is 13.4. The first-order chi connectivity index (χ1) is 11.1. The van der Waals surface area contributed by atoms with E-state index in [1.54, 1.807) is 6.07 Å². The minimum atomic E-state index is -1.22. The van der Waals surface area contributed by atoms with Crippen LogP contribution in [-0.2, 0) is 16.0 Å². The van der Waals surface area contributed by atoms with Crippen molar-refractivity contribution in [3.05, 3.63) is 29.8 Å². The lowest BCUT2D eigenvalue weighted by molar-refractivity contribution is -0.131. The van der Waals surface area contributed by atoms with Crippen LogP contribution in [0.2, 0.25) is 0 Å². The van der Waals surface area contributed by atoms with Crippen LogP contribution in [0.15, 0.2) is 24.3 Å². The maximum atomic E-state index is 12.0. The van der Waals surface area contributed by atoms with Gasteiger partial charge in [0, 0.05) is 13.5 Å². The summed E-state index contributed by atoms with van der Waals surface area (Å²) in [5, 5.41) is 11.3. The first kappa shape index (κ1) is 17.0. The third-order valence-corrected chi connectivity index (χ3v) is 4.12. The molecule has 1 aliphatic rings. The second-order valence-electron chi connectivity index (χ2n) is 5.81. The lowest BCUT2D eigenvalue weighted by Gasteiger charge is -2.14. The van der Waals surface area contributed by atoms with Crippen LogP contribution in [0.25, 0.3) is 0 Å². The smallest absolute Gasteiger partial charge is 0.244 e. The van der Waals surface area contributed by atoms with Gasteiger partial charge in [-0.3, -0.25) is 9.59 Å². The van der Waals surface area contributed by atoms with Gasteiger partial charge >= 0.3 is 0 Å². The Kier molecular flexibility index (Phi) is 6.16. The first-order valence-corrected chi connectivity index (χ1v) is 8.03. The van der Waals surface area contributed by atoms with Gasteiger partial charge in [-0.25, -0.2) is 0 Å².